The van der Waals surface area contributed by atoms with Gasteiger partial charge in [-0.1, -0.05) is 0 Å². The van der Waals surface area contributed by atoms with E-state index < -0.39 is 23.6 Å². The summed E-state index contributed by atoms with van der Waals surface area (Å²) in [5.41, 5.74) is 4.91. The summed E-state index contributed by atoms with van der Waals surface area (Å²) in [7, 11) is 0. The lowest BCUT2D eigenvalue weighted by atomic mass is 9.94. The first kappa shape index (κ1) is 33.0. The smallest absolute Gasteiger partial charge is 0.407 e. The van der Waals surface area contributed by atoms with Crippen LogP contribution in [0, 0.1) is 5.92 Å². The van der Waals surface area contributed by atoms with Crippen LogP contribution in [0.25, 0.3) is 0 Å². The number of ether oxygens (including phenoxy) is 2. The number of alkyl halides is 2. The van der Waals surface area contributed by atoms with Gasteiger partial charge in [-0.05, 0) is 57.5 Å². The van der Waals surface area contributed by atoms with E-state index >= 15 is 0 Å². The number of aromatic nitrogens is 1. The minimum Gasteiger partial charge on any atom is -0.477 e. The molecule has 1 aromatic rings. The van der Waals surface area contributed by atoms with E-state index in [0.29, 0.717) is 31.5 Å². The van der Waals surface area contributed by atoms with E-state index in [1.165, 1.54) is 0 Å². The number of hydrogen-bond acceptors (Lipinski definition) is 8. The second kappa shape index (κ2) is 15.4. The molecule has 0 saturated carbocycles. The molecule has 14 heteroatoms. The number of carboxylic acids is 1. The second-order valence-electron chi connectivity index (χ2n) is 9.57. The Morgan fingerprint density at radius 1 is 1.24 bits per heavy atom. The van der Waals surface area contributed by atoms with Gasteiger partial charge >= 0.3 is 18.0 Å². The van der Waals surface area contributed by atoms with Gasteiger partial charge in [0, 0.05) is 55.7 Å². The molecule has 214 valence electrons. The first-order valence-electron chi connectivity index (χ1n) is 11.7. The van der Waals surface area contributed by atoms with Crippen molar-refractivity contribution >= 4 is 29.9 Å². The number of aliphatic carboxylic acids is 1. The molecule has 2 amide bonds. The molecule has 1 aliphatic heterocycles. The molecule has 38 heavy (non-hydrogen) atoms. The lowest BCUT2D eigenvalue weighted by Crippen LogP contribution is -2.34. The summed E-state index contributed by atoms with van der Waals surface area (Å²) >= 11 is 1.61. The number of carbonyl (C=O) groups excluding carboxylic acids is 2. The number of alkyl carbamates (subject to hydrolysis) is 1. The Hall–Kier alpha value is -3.00. The molecule has 1 saturated heterocycles. The molecule has 0 bridgehead atoms. The number of nitrogens with one attached hydrogen (secondary N) is 1. The number of hydrogen-bond donors (Lipinski definition) is 3. The van der Waals surface area contributed by atoms with Crippen LogP contribution in [0.5, 0.6) is 5.88 Å². The molecule has 1 aliphatic rings. The lowest BCUT2D eigenvalue weighted by molar-refractivity contribution is -0.161. The van der Waals surface area contributed by atoms with Crippen LogP contribution in [0.2, 0.25) is 0 Å². The van der Waals surface area contributed by atoms with Crippen LogP contribution in [-0.4, -0.2) is 70.1 Å². The summed E-state index contributed by atoms with van der Waals surface area (Å²) in [5, 5.41) is 9.99. The molecule has 4 N–H and O–H groups in total. The molecule has 0 aliphatic carbocycles. The van der Waals surface area contributed by atoms with Crippen molar-refractivity contribution in [3.8, 4) is 5.88 Å². The molecule has 1 aromatic heterocycles. The van der Waals surface area contributed by atoms with E-state index in [1.807, 2.05) is 6.07 Å². The molecule has 1 fully saturated rings. The van der Waals surface area contributed by atoms with Crippen LogP contribution < -0.4 is 15.8 Å². The minimum atomic E-state index is -3.58. The maximum Gasteiger partial charge on any atom is 0.407 e. The number of halogens is 3. The molecule has 0 spiro atoms. The van der Waals surface area contributed by atoms with E-state index in [0.717, 1.165) is 30.8 Å². The highest BCUT2D eigenvalue weighted by Crippen LogP contribution is 2.29. The second-order valence-corrected chi connectivity index (χ2v) is 10.7. The number of carboxylic acid groups (broad SMARTS) is 1. The minimum absolute atomic E-state index is 0.0228. The van der Waals surface area contributed by atoms with Crippen LogP contribution in [0.3, 0.4) is 0 Å². The normalized spacial score (nSPS) is 15.2. The van der Waals surface area contributed by atoms with Crippen LogP contribution in [0.1, 0.15) is 47.0 Å². The maximum absolute atomic E-state index is 13.1. The van der Waals surface area contributed by atoms with Gasteiger partial charge in [0.15, 0.2) is 0 Å². The predicted molar refractivity (Wildman–Crippen MR) is 135 cm³/mol. The van der Waals surface area contributed by atoms with Crippen LogP contribution in [0.15, 0.2) is 35.1 Å². The third-order valence-corrected chi connectivity index (χ3v) is 5.88. The van der Waals surface area contributed by atoms with Crippen LogP contribution in [0.4, 0.5) is 18.0 Å². The molecule has 0 radical (unpaired) electrons. The SMILES string of the molecule is CC(C)(C)OC(=O)NC/C(=C\F)COc1ccc(SN2CCC(CC(N)=O)CC2)cn1.CC(F)(F)C(=O)O. The Bertz CT molecular complexity index is 944. The molecule has 0 unspecified atom stereocenters. The van der Waals surface area contributed by atoms with Gasteiger partial charge in [0.2, 0.25) is 11.8 Å². The van der Waals surface area contributed by atoms with E-state index in [-0.39, 0.29) is 24.6 Å². The zero-order valence-electron chi connectivity index (χ0n) is 21.8. The highest BCUT2D eigenvalue weighted by atomic mass is 32.2. The fourth-order valence-corrected chi connectivity index (χ4v) is 3.85. The Kier molecular flexibility index (Phi) is 13.4. The van der Waals surface area contributed by atoms with Crippen molar-refractivity contribution in [2.45, 2.75) is 63.4 Å². The number of carbonyl (C=O) groups is 3. The van der Waals surface area contributed by atoms with Gasteiger partial charge in [-0.25, -0.2) is 23.3 Å². The zero-order chi connectivity index (χ0) is 28.9. The summed E-state index contributed by atoms with van der Waals surface area (Å²) in [5.74, 6) is -5.18. The van der Waals surface area contributed by atoms with Crippen LogP contribution in [-0.2, 0) is 14.3 Å². The summed E-state index contributed by atoms with van der Waals surface area (Å²) in [6, 6.07) is 3.61. The first-order chi connectivity index (χ1) is 17.6. The van der Waals surface area contributed by atoms with E-state index in [9.17, 15) is 27.6 Å². The number of nitrogens with zero attached hydrogens (tertiary/aromatic N) is 2. The van der Waals surface area contributed by atoms with Gasteiger partial charge in [-0.3, -0.25) is 4.79 Å². The van der Waals surface area contributed by atoms with E-state index in [2.05, 4.69) is 14.6 Å². The number of nitrogens with two attached hydrogens (primary N) is 1. The van der Waals surface area contributed by atoms with Crippen molar-refractivity contribution in [1.82, 2.24) is 14.6 Å². The number of piperidine rings is 1. The average molecular weight is 565 g/mol. The third kappa shape index (κ3) is 14.7. The fraction of sp³-hybridized carbons (Fsp3) is 0.583. The van der Waals surface area contributed by atoms with Gasteiger partial charge in [0.1, 0.15) is 12.2 Å². The van der Waals surface area contributed by atoms with Crippen LogP contribution >= 0.6 is 11.9 Å². The summed E-state index contributed by atoms with van der Waals surface area (Å²) in [6.07, 6.45) is 3.83. The third-order valence-electron chi connectivity index (χ3n) is 4.80. The van der Waals surface area contributed by atoms with Gasteiger partial charge in [-0.15, -0.1) is 0 Å². The van der Waals surface area contributed by atoms with Gasteiger partial charge in [0.25, 0.3) is 0 Å². The van der Waals surface area contributed by atoms with Crippen molar-refractivity contribution in [2.75, 3.05) is 26.2 Å². The first-order valence-corrected chi connectivity index (χ1v) is 12.5. The standard InChI is InChI=1S/C21H31FN4O4S.C3H4F2O2/c1-21(2,3)30-20(28)25-12-16(11-22)14-29-19-5-4-17(13-24-19)31-26-8-6-15(7-9-26)10-18(23)27;1-3(4,5)2(6)7/h4-5,11,13,15H,6-10,12,14H2,1-3H3,(H2,23,27)(H,25,28);1H3,(H,6,7)/b16-11+;. The van der Waals surface area contributed by atoms with E-state index in [4.69, 9.17) is 20.3 Å². The van der Waals surface area contributed by atoms with Crippen molar-refractivity contribution in [2.24, 2.45) is 11.7 Å². The Morgan fingerprint density at radius 2 is 1.84 bits per heavy atom. The molecule has 10 nitrogen and oxygen atoms in total. The van der Waals surface area contributed by atoms with Gasteiger partial charge in [-0.2, -0.15) is 8.78 Å². The highest BCUT2D eigenvalue weighted by Gasteiger charge is 2.31. The van der Waals surface area contributed by atoms with Gasteiger partial charge < -0.3 is 25.6 Å². The Morgan fingerprint density at radius 3 is 2.29 bits per heavy atom. The van der Waals surface area contributed by atoms with E-state index in [1.54, 1.807) is 45.0 Å². The molecule has 0 aromatic carbocycles. The zero-order valence-corrected chi connectivity index (χ0v) is 22.7. The molecular formula is C24H35F3N4O6S. The lowest BCUT2D eigenvalue weighted by Gasteiger charge is -2.30. The molecule has 2 heterocycles. The van der Waals surface area contributed by atoms with Crippen molar-refractivity contribution in [1.29, 1.82) is 0 Å². The number of primary amides is 1. The summed E-state index contributed by atoms with van der Waals surface area (Å²) < 4.78 is 48.4. The summed E-state index contributed by atoms with van der Waals surface area (Å²) in [6.45, 7) is 7.29. The highest BCUT2D eigenvalue weighted by molar-refractivity contribution is 7.97. The van der Waals surface area contributed by atoms with Crippen molar-refractivity contribution < 1.29 is 42.1 Å². The Balaban J connectivity index is 0.000000905. The number of pyridine rings is 1. The van der Waals surface area contributed by atoms with Gasteiger partial charge in [0.05, 0.1) is 6.33 Å². The quantitative estimate of drug-likeness (QED) is 0.357. The monoisotopic (exact) mass is 564 g/mol. The fourth-order valence-electron chi connectivity index (χ4n) is 2.93. The molecular weight excluding hydrogens is 529 g/mol. The maximum atomic E-state index is 13.1. The largest absolute Gasteiger partial charge is 0.477 e. The number of amides is 2. The Labute approximate surface area is 224 Å². The molecule has 2 rings (SSSR count). The molecule has 0 atom stereocenters. The topological polar surface area (TPSA) is 144 Å². The average Bonchev–Trinajstić information content (AvgIpc) is 2.80. The van der Waals surface area contributed by atoms with Crippen molar-refractivity contribution in [3.05, 3.63) is 30.2 Å². The predicted octanol–water partition coefficient (Wildman–Crippen LogP) is 4.16. The number of rotatable bonds is 10. The summed E-state index contributed by atoms with van der Waals surface area (Å²) in [4.78, 5) is 37.2. The van der Waals surface area contributed by atoms with Crippen molar-refractivity contribution in [3.63, 3.8) is 0 Å².